The maximum absolute atomic E-state index is 13.8. The molecule has 1 amide bonds. The van der Waals surface area contributed by atoms with Gasteiger partial charge in [0.15, 0.2) is 11.5 Å². The number of carbonyl (C=O) groups is 1. The number of rotatable bonds is 5. The molecule has 0 radical (unpaired) electrons. The van der Waals surface area contributed by atoms with Crippen LogP contribution in [0.2, 0.25) is 0 Å². The molecule has 10 nitrogen and oxygen atoms in total. The van der Waals surface area contributed by atoms with E-state index >= 15 is 0 Å². The summed E-state index contributed by atoms with van der Waals surface area (Å²) in [7, 11) is 5.68. The first kappa shape index (κ1) is 24.0. The molecule has 4 heterocycles. The van der Waals surface area contributed by atoms with Crippen LogP contribution in [-0.2, 0) is 18.0 Å². The number of likely N-dealkylation sites (tertiary alicyclic amines) is 1. The first-order valence-corrected chi connectivity index (χ1v) is 11.5. The van der Waals surface area contributed by atoms with Gasteiger partial charge in [0.05, 0.1) is 22.8 Å². The zero-order valence-electron chi connectivity index (χ0n) is 20.3. The molecule has 3 aromatic heterocycles. The molecule has 0 bridgehead atoms. The number of benzene rings is 1. The third kappa shape index (κ3) is 4.23. The molecule has 0 aliphatic carbocycles. The Morgan fingerprint density at radius 2 is 2.03 bits per heavy atom. The Balaban J connectivity index is 1.59. The van der Waals surface area contributed by atoms with Crippen molar-refractivity contribution in [3.05, 3.63) is 36.2 Å². The van der Waals surface area contributed by atoms with E-state index in [2.05, 4.69) is 30.4 Å². The molecule has 13 heteroatoms. The molecule has 1 fully saturated rings. The van der Waals surface area contributed by atoms with Gasteiger partial charge in [-0.3, -0.25) is 9.48 Å². The molecular formula is C23H26F3N9O. The molecule has 1 aromatic carbocycles. The number of hydrogen-bond acceptors (Lipinski definition) is 7. The minimum absolute atomic E-state index is 0.000969. The normalized spacial score (nSPS) is 17.4. The van der Waals surface area contributed by atoms with E-state index in [-0.39, 0.29) is 40.3 Å². The Labute approximate surface area is 204 Å². The number of anilines is 1. The number of amides is 1. The van der Waals surface area contributed by atoms with Gasteiger partial charge >= 0.3 is 6.18 Å². The number of para-hydroxylation sites is 1. The summed E-state index contributed by atoms with van der Waals surface area (Å²) in [5.74, 6) is 0.123. The molecule has 1 saturated heterocycles. The van der Waals surface area contributed by atoms with E-state index in [1.54, 1.807) is 35.9 Å². The number of hydrogen-bond donors (Lipinski definition) is 1. The summed E-state index contributed by atoms with van der Waals surface area (Å²) in [6.07, 6.45) is -0.485. The van der Waals surface area contributed by atoms with Gasteiger partial charge in [0, 0.05) is 37.8 Å². The predicted octanol–water partition coefficient (Wildman–Crippen LogP) is 2.66. The van der Waals surface area contributed by atoms with E-state index in [1.807, 2.05) is 14.1 Å². The monoisotopic (exact) mass is 501 g/mol. The Morgan fingerprint density at radius 1 is 1.25 bits per heavy atom. The Kier molecular flexibility index (Phi) is 5.81. The zero-order chi connectivity index (χ0) is 25.8. The van der Waals surface area contributed by atoms with Gasteiger partial charge in [-0.1, -0.05) is 6.07 Å². The van der Waals surface area contributed by atoms with Gasteiger partial charge in [0.2, 0.25) is 11.9 Å². The van der Waals surface area contributed by atoms with Crippen LogP contribution < -0.4 is 5.32 Å². The topological polar surface area (TPSA) is 96.5 Å². The lowest BCUT2D eigenvalue weighted by atomic mass is 10.1. The fraction of sp³-hybridized carbons (Fsp3) is 0.435. The molecular weight excluding hydrogens is 475 g/mol. The maximum Gasteiger partial charge on any atom is 0.418 e. The van der Waals surface area contributed by atoms with Gasteiger partial charge in [-0.25, -0.2) is 9.97 Å². The fourth-order valence-electron chi connectivity index (χ4n) is 4.51. The van der Waals surface area contributed by atoms with Crippen LogP contribution in [0.15, 0.2) is 30.6 Å². The number of likely N-dealkylation sites (N-methyl/N-ethyl adjacent to an activating group) is 1. The summed E-state index contributed by atoms with van der Waals surface area (Å²) in [6, 6.07) is 3.34. The lowest BCUT2D eigenvalue weighted by Crippen LogP contribution is -2.42. The highest BCUT2D eigenvalue weighted by atomic mass is 19.4. The lowest BCUT2D eigenvalue weighted by Gasteiger charge is -2.24. The van der Waals surface area contributed by atoms with E-state index in [4.69, 9.17) is 0 Å². The van der Waals surface area contributed by atoms with Crippen molar-refractivity contribution in [1.82, 2.24) is 39.2 Å². The van der Waals surface area contributed by atoms with Crippen LogP contribution in [0.5, 0.6) is 0 Å². The lowest BCUT2D eigenvalue weighted by molar-refractivity contribution is -0.136. The van der Waals surface area contributed by atoms with Crippen LogP contribution in [0.3, 0.4) is 0 Å². The highest BCUT2D eigenvalue weighted by Crippen LogP contribution is 2.36. The smallest absolute Gasteiger partial charge is 0.343 e. The zero-order valence-corrected chi connectivity index (χ0v) is 20.3. The van der Waals surface area contributed by atoms with Crippen molar-refractivity contribution >= 4 is 28.4 Å². The van der Waals surface area contributed by atoms with Crippen molar-refractivity contribution in [3.63, 3.8) is 0 Å². The fourth-order valence-corrected chi connectivity index (χ4v) is 4.51. The largest absolute Gasteiger partial charge is 0.418 e. The molecule has 1 N–H and O–H groups in total. The third-order valence-electron chi connectivity index (χ3n) is 6.49. The van der Waals surface area contributed by atoms with Gasteiger partial charge < -0.3 is 15.1 Å². The standard InChI is InChI=1S/C23H26F3N9O/c1-13(21(36)34-9-8-15(12-34)32(2)3)28-22-29-18-16(6-5-7-17(18)23(24,25)26)20-30-19(31-35(20)22)14-10-27-33(4)11-14/h5-7,10-11,13,15H,8-9,12H2,1-4H3,(H,28,29)/t13-,15?/m1/s1. The predicted molar refractivity (Wildman–Crippen MR) is 127 cm³/mol. The molecule has 1 aliphatic rings. The number of halogens is 3. The summed E-state index contributed by atoms with van der Waals surface area (Å²) in [5.41, 5.74) is -0.355. The average Bonchev–Trinajstić information content (AvgIpc) is 3.56. The van der Waals surface area contributed by atoms with Crippen molar-refractivity contribution in [1.29, 1.82) is 0 Å². The van der Waals surface area contributed by atoms with Gasteiger partial charge in [-0.05, 0) is 39.6 Å². The summed E-state index contributed by atoms with van der Waals surface area (Å²) in [4.78, 5) is 25.8. The number of aromatic nitrogens is 6. The highest BCUT2D eigenvalue weighted by Gasteiger charge is 2.35. The molecule has 36 heavy (non-hydrogen) atoms. The molecule has 0 saturated carbocycles. The summed E-state index contributed by atoms with van der Waals surface area (Å²) >= 11 is 0. The van der Waals surface area contributed by atoms with Crippen molar-refractivity contribution in [3.8, 4) is 11.4 Å². The molecule has 1 aliphatic heterocycles. The SMILES string of the molecule is C[C@@H](Nc1nc2c(C(F)(F)F)cccc2c2nc(-c3cnn(C)c3)nn12)C(=O)N1CCC(N(C)C)C1. The van der Waals surface area contributed by atoms with Gasteiger partial charge in [-0.2, -0.15) is 22.8 Å². The molecule has 2 atom stereocenters. The van der Waals surface area contributed by atoms with Crippen molar-refractivity contribution < 1.29 is 18.0 Å². The second-order valence-electron chi connectivity index (χ2n) is 9.26. The number of aryl methyl sites for hydroxylation is 1. The van der Waals surface area contributed by atoms with Crippen LogP contribution in [0, 0.1) is 0 Å². The second-order valence-corrected chi connectivity index (χ2v) is 9.26. The molecule has 1 unspecified atom stereocenters. The van der Waals surface area contributed by atoms with E-state index in [0.717, 1.165) is 12.5 Å². The highest BCUT2D eigenvalue weighted by molar-refractivity contribution is 5.95. The van der Waals surface area contributed by atoms with E-state index < -0.39 is 17.8 Å². The van der Waals surface area contributed by atoms with E-state index in [1.165, 1.54) is 16.6 Å². The second kappa shape index (κ2) is 8.73. The summed E-state index contributed by atoms with van der Waals surface area (Å²) < 4.78 is 44.4. The Morgan fingerprint density at radius 3 is 2.67 bits per heavy atom. The van der Waals surface area contributed by atoms with Crippen LogP contribution >= 0.6 is 0 Å². The van der Waals surface area contributed by atoms with E-state index in [9.17, 15) is 18.0 Å². The number of nitrogens with zero attached hydrogens (tertiary/aromatic N) is 8. The van der Waals surface area contributed by atoms with Gasteiger partial charge in [-0.15, -0.1) is 5.10 Å². The summed E-state index contributed by atoms with van der Waals surface area (Å²) in [5, 5.41) is 11.8. The molecule has 4 aromatic rings. The molecule has 190 valence electrons. The van der Waals surface area contributed by atoms with Crippen molar-refractivity contribution in [2.24, 2.45) is 7.05 Å². The van der Waals surface area contributed by atoms with Crippen LogP contribution in [-0.4, -0.2) is 84.3 Å². The first-order chi connectivity index (χ1) is 17.0. The number of fused-ring (bicyclic) bond motifs is 3. The Hall–Kier alpha value is -3.74. The van der Waals surface area contributed by atoms with Crippen LogP contribution in [0.25, 0.3) is 27.9 Å². The third-order valence-corrected chi connectivity index (χ3v) is 6.49. The number of nitrogens with one attached hydrogen (secondary N) is 1. The number of alkyl halides is 3. The average molecular weight is 502 g/mol. The Bertz CT molecular complexity index is 1440. The maximum atomic E-state index is 13.8. The van der Waals surface area contributed by atoms with Gasteiger partial charge in [0.1, 0.15) is 6.04 Å². The van der Waals surface area contributed by atoms with Crippen molar-refractivity contribution in [2.75, 3.05) is 32.5 Å². The van der Waals surface area contributed by atoms with E-state index in [0.29, 0.717) is 18.7 Å². The quantitative estimate of drug-likeness (QED) is 0.449. The minimum atomic E-state index is -4.62. The molecule has 5 rings (SSSR count). The van der Waals surface area contributed by atoms with Crippen LogP contribution in [0.1, 0.15) is 18.9 Å². The van der Waals surface area contributed by atoms with Crippen molar-refractivity contribution in [2.45, 2.75) is 31.6 Å². The summed E-state index contributed by atoms with van der Waals surface area (Å²) in [6.45, 7) is 2.86. The first-order valence-electron chi connectivity index (χ1n) is 11.5. The van der Waals surface area contributed by atoms with Gasteiger partial charge in [0.25, 0.3) is 0 Å². The minimum Gasteiger partial charge on any atom is -0.343 e. The molecule has 0 spiro atoms. The number of carbonyl (C=O) groups excluding carboxylic acids is 1. The van der Waals surface area contributed by atoms with Crippen LogP contribution in [0.4, 0.5) is 19.1 Å².